The van der Waals surface area contributed by atoms with E-state index in [9.17, 15) is 4.39 Å². The number of rotatable bonds is 3. The molecular weight excluding hydrogens is 443 g/mol. The van der Waals surface area contributed by atoms with Crippen molar-refractivity contribution in [3.63, 3.8) is 0 Å². The zero-order valence-corrected chi connectivity index (χ0v) is 19.6. The lowest BCUT2D eigenvalue weighted by atomic mass is 9.89. The first-order chi connectivity index (χ1) is 15.8. The molecule has 0 aliphatic carbocycles. The summed E-state index contributed by atoms with van der Waals surface area (Å²) < 4.78 is 22.9. The topological polar surface area (TPSA) is 78.6 Å². The third-order valence-electron chi connectivity index (χ3n) is 6.12. The Morgan fingerprint density at radius 1 is 1.09 bits per heavy atom. The van der Waals surface area contributed by atoms with E-state index in [1.54, 1.807) is 16.8 Å². The second-order valence-electron chi connectivity index (χ2n) is 8.67. The Morgan fingerprint density at radius 2 is 1.88 bits per heavy atom. The molecule has 7 nitrogen and oxygen atoms in total. The predicted octanol–water partition coefficient (Wildman–Crippen LogP) is 5.25. The zero-order chi connectivity index (χ0) is 23.3. The third kappa shape index (κ3) is 4.20. The summed E-state index contributed by atoms with van der Waals surface area (Å²) >= 11 is 5.99. The zero-order valence-electron chi connectivity index (χ0n) is 18.9. The smallest absolute Gasteiger partial charge is 0.182 e. The van der Waals surface area contributed by atoms with E-state index in [1.165, 1.54) is 6.07 Å². The third-order valence-corrected chi connectivity index (χ3v) is 6.35. The van der Waals surface area contributed by atoms with E-state index >= 15 is 0 Å². The number of fused-ring (bicyclic) bond motifs is 1. The minimum atomic E-state index is -0.456. The summed E-state index contributed by atoms with van der Waals surface area (Å²) in [4.78, 5) is 19.0. The number of ether oxygens (including phenoxy) is 1. The average Bonchev–Trinajstić information content (AvgIpc) is 3.20. The van der Waals surface area contributed by atoms with Crippen molar-refractivity contribution >= 4 is 22.8 Å². The molecule has 9 heteroatoms. The Kier molecular flexibility index (Phi) is 5.58. The minimum absolute atomic E-state index is 0.00908. The van der Waals surface area contributed by atoms with Gasteiger partial charge in [-0.25, -0.2) is 24.3 Å². The van der Waals surface area contributed by atoms with E-state index in [0.29, 0.717) is 39.7 Å². The van der Waals surface area contributed by atoms with Crippen LogP contribution in [-0.2, 0) is 11.8 Å². The molecule has 3 aromatic heterocycles. The molecule has 1 saturated heterocycles. The Morgan fingerprint density at radius 3 is 2.61 bits per heavy atom. The van der Waals surface area contributed by atoms with Crippen LogP contribution in [0.1, 0.15) is 54.6 Å². The lowest BCUT2D eigenvalue weighted by Crippen LogP contribution is -2.26. The molecule has 1 aromatic carbocycles. The van der Waals surface area contributed by atoms with E-state index in [4.69, 9.17) is 26.3 Å². The number of nitrogens with zero attached hydrogens (tertiary/aromatic N) is 6. The molecule has 0 amide bonds. The van der Waals surface area contributed by atoms with Crippen LogP contribution in [0.15, 0.2) is 30.6 Å². The van der Waals surface area contributed by atoms with Crippen LogP contribution in [0.3, 0.4) is 0 Å². The van der Waals surface area contributed by atoms with Gasteiger partial charge >= 0.3 is 0 Å². The Balaban J connectivity index is 1.64. The van der Waals surface area contributed by atoms with Crippen LogP contribution >= 0.6 is 11.6 Å². The number of aryl methyl sites for hydroxylation is 3. The number of benzene rings is 1. The first-order valence-electron chi connectivity index (χ1n) is 10.9. The van der Waals surface area contributed by atoms with Crippen molar-refractivity contribution in [1.82, 2.24) is 29.7 Å². The van der Waals surface area contributed by atoms with Crippen molar-refractivity contribution in [2.75, 3.05) is 0 Å². The molecule has 0 radical (unpaired) electrons. The molecule has 170 valence electrons. The van der Waals surface area contributed by atoms with Crippen molar-refractivity contribution in [3.8, 4) is 11.3 Å². The van der Waals surface area contributed by atoms with Gasteiger partial charge in [0, 0.05) is 35.3 Å². The fourth-order valence-corrected chi connectivity index (χ4v) is 4.52. The van der Waals surface area contributed by atoms with Crippen LogP contribution in [0.5, 0.6) is 0 Å². The van der Waals surface area contributed by atoms with Crippen molar-refractivity contribution in [2.45, 2.75) is 51.7 Å². The van der Waals surface area contributed by atoms with Gasteiger partial charge in [0.2, 0.25) is 0 Å². The molecule has 4 aromatic rings. The highest BCUT2D eigenvalue weighted by Gasteiger charge is 2.32. The van der Waals surface area contributed by atoms with Crippen molar-refractivity contribution in [3.05, 3.63) is 64.2 Å². The van der Waals surface area contributed by atoms with Crippen LogP contribution in [0.4, 0.5) is 4.39 Å². The van der Waals surface area contributed by atoms with Gasteiger partial charge in [-0.05, 0) is 51.8 Å². The Bertz CT molecular complexity index is 1360. The minimum Gasteiger partial charge on any atom is -0.370 e. The van der Waals surface area contributed by atoms with E-state index in [1.807, 2.05) is 40.2 Å². The fourth-order valence-electron chi connectivity index (χ4n) is 4.36. The maximum atomic E-state index is 14.9. The molecule has 33 heavy (non-hydrogen) atoms. The predicted molar refractivity (Wildman–Crippen MR) is 123 cm³/mol. The van der Waals surface area contributed by atoms with Gasteiger partial charge in [0.05, 0.1) is 29.8 Å². The van der Waals surface area contributed by atoms with Crippen LogP contribution in [0.2, 0.25) is 5.02 Å². The van der Waals surface area contributed by atoms with E-state index in [2.05, 4.69) is 15.1 Å². The van der Waals surface area contributed by atoms with Crippen molar-refractivity contribution in [2.24, 2.45) is 7.05 Å². The molecule has 3 atom stereocenters. The standard InChI is InChI=1S/C24H24ClFN6O/c1-12-7-15(8-20(33-12)16-10-27-32(4)11-16)23-30-21(18-6-5-17(25)9-19(18)26)22-24(31-23)29-14(3)13(2)28-22/h5-6,9-12,15,20H,7-8H2,1-4H3/t12-,15+,20-/m1/s1. The van der Waals surface area contributed by atoms with Gasteiger partial charge in [-0.1, -0.05) is 11.6 Å². The van der Waals surface area contributed by atoms with Gasteiger partial charge in [-0.15, -0.1) is 0 Å². The van der Waals surface area contributed by atoms with Gasteiger partial charge in [0.25, 0.3) is 0 Å². The van der Waals surface area contributed by atoms with Crippen LogP contribution < -0.4 is 0 Å². The number of aromatic nitrogens is 6. The molecule has 0 unspecified atom stereocenters. The maximum Gasteiger partial charge on any atom is 0.182 e. The second kappa shape index (κ2) is 8.43. The number of hydrogen-bond donors (Lipinski definition) is 0. The maximum absolute atomic E-state index is 14.9. The fraction of sp³-hybridized carbons (Fsp3) is 0.375. The molecule has 1 aliphatic rings. The van der Waals surface area contributed by atoms with Crippen LogP contribution in [-0.4, -0.2) is 35.8 Å². The van der Waals surface area contributed by atoms with Gasteiger partial charge in [-0.3, -0.25) is 4.68 Å². The van der Waals surface area contributed by atoms with Gasteiger partial charge < -0.3 is 4.74 Å². The van der Waals surface area contributed by atoms with Gasteiger partial charge in [-0.2, -0.15) is 5.10 Å². The molecule has 1 aliphatic heterocycles. The summed E-state index contributed by atoms with van der Waals surface area (Å²) in [5.74, 6) is 0.177. The molecule has 1 fully saturated rings. The Labute approximate surface area is 196 Å². The highest BCUT2D eigenvalue weighted by atomic mass is 35.5. The molecular formula is C24H24ClFN6O. The average molecular weight is 467 g/mol. The van der Waals surface area contributed by atoms with E-state index in [0.717, 1.165) is 23.4 Å². The Hall–Kier alpha value is -2.97. The molecule has 0 bridgehead atoms. The normalized spacial score (nSPS) is 21.0. The van der Waals surface area contributed by atoms with Crippen LogP contribution in [0, 0.1) is 19.7 Å². The summed E-state index contributed by atoms with van der Waals surface area (Å²) in [6, 6.07) is 4.57. The van der Waals surface area contributed by atoms with Crippen LogP contribution in [0.25, 0.3) is 22.4 Å². The summed E-state index contributed by atoms with van der Waals surface area (Å²) in [6.07, 6.45) is 5.13. The van der Waals surface area contributed by atoms with E-state index in [-0.39, 0.29) is 18.1 Å². The van der Waals surface area contributed by atoms with Gasteiger partial charge in [0.1, 0.15) is 22.9 Å². The summed E-state index contributed by atoms with van der Waals surface area (Å²) in [5, 5.41) is 4.60. The summed E-state index contributed by atoms with van der Waals surface area (Å²) in [5.41, 5.74) is 4.25. The lowest BCUT2D eigenvalue weighted by molar-refractivity contribution is -0.0511. The second-order valence-corrected chi connectivity index (χ2v) is 9.11. The van der Waals surface area contributed by atoms with Crippen molar-refractivity contribution in [1.29, 1.82) is 0 Å². The summed E-state index contributed by atoms with van der Waals surface area (Å²) in [6.45, 7) is 5.81. The van der Waals surface area contributed by atoms with Gasteiger partial charge in [0.15, 0.2) is 5.65 Å². The molecule has 5 rings (SSSR count). The molecule has 0 N–H and O–H groups in total. The number of hydrogen-bond acceptors (Lipinski definition) is 6. The summed E-state index contributed by atoms with van der Waals surface area (Å²) in [7, 11) is 1.88. The number of halogens is 2. The quantitative estimate of drug-likeness (QED) is 0.410. The lowest BCUT2D eigenvalue weighted by Gasteiger charge is -2.33. The molecule has 4 heterocycles. The molecule has 0 spiro atoms. The SMILES string of the molecule is Cc1nc2nc([C@H]3C[C@@H](C)O[C@@H](c4cnn(C)c4)C3)nc(-c3ccc(Cl)cc3F)c2nc1C. The monoisotopic (exact) mass is 466 g/mol. The highest BCUT2D eigenvalue weighted by molar-refractivity contribution is 6.30. The highest BCUT2D eigenvalue weighted by Crippen LogP contribution is 2.40. The van der Waals surface area contributed by atoms with Crippen molar-refractivity contribution < 1.29 is 9.13 Å². The first-order valence-corrected chi connectivity index (χ1v) is 11.3. The largest absolute Gasteiger partial charge is 0.370 e. The van der Waals surface area contributed by atoms with E-state index < -0.39 is 5.82 Å². The first kappa shape index (κ1) is 21.9. The molecule has 0 saturated carbocycles.